The smallest absolute Gasteiger partial charge is 0.271 e. The highest BCUT2D eigenvalue weighted by Gasteiger charge is 2.17. The first-order chi connectivity index (χ1) is 5.38. The van der Waals surface area contributed by atoms with Gasteiger partial charge in [0, 0.05) is 11.8 Å². The highest BCUT2D eigenvalue weighted by molar-refractivity contribution is 7.86. The highest BCUT2D eigenvalue weighted by atomic mass is 32.2. The fourth-order valence-corrected chi connectivity index (χ4v) is 1.58. The molecule has 1 unspecified atom stereocenters. The zero-order chi connectivity index (χ0) is 9.78. The molecule has 0 fully saturated rings. The molecule has 0 aromatic heterocycles. The van der Waals surface area contributed by atoms with E-state index >= 15 is 0 Å². The van der Waals surface area contributed by atoms with E-state index in [0.717, 1.165) is 11.4 Å². The summed E-state index contributed by atoms with van der Waals surface area (Å²) in [6.45, 7) is 3.15. The first-order valence-electron chi connectivity index (χ1n) is 2.88. The van der Waals surface area contributed by atoms with E-state index in [4.69, 9.17) is 4.55 Å². The summed E-state index contributed by atoms with van der Waals surface area (Å²) in [6, 6.07) is 0. The van der Waals surface area contributed by atoms with Gasteiger partial charge < -0.3 is 0 Å². The predicted molar refractivity (Wildman–Crippen MR) is 45.1 cm³/mol. The SMILES string of the molecule is C=CC(CC=S(=O)=O)S(=O)(=O)O. The van der Waals surface area contributed by atoms with Gasteiger partial charge in [-0.3, -0.25) is 4.55 Å². The predicted octanol–water partition coefficient (Wildman–Crippen LogP) is -0.500. The lowest BCUT2D eigenvalue weighted by molar-refractivity contribution is 0.476. The van der Waals surface area contributed by atoms with Gasteiger partial charge in [-0.15, -0.1) is 6.58 Å². The quantitative estimate of drug-likeness (QED) is 0.385. The first kappa shape index (κ1) is 11.3. The second-order valence-corrected chi connectivity index (χ2v) is 4.44. The molecule has 7 heteroatoms. The van der Waals surface area contributed by atoms with Crippen LogP contribution in [0.4, 0.5) is 0 Å². The van der Waals surface area contributed by atoms with Crippen molar-refractivity contribution in [3.63, 3.8) is 0 Å². The van der Waals surface area contributed by atoms with E-state index in [2.05, 4.69) is 6.58 Å². The molecule has 0 aliphatic rings. The standard InChI is InChI=1S/C5H8O5S2/c1-2-5(12(8,9)10)3-4-11(6)7/h2,4-5H,1,3H2,(H,8,9,10). The maximum absolute atomic E-state index is 10.4. The summed E-state index contributed by atoms with van der Waals surface area (Å²) >= 11 is 0. The molecule has 1 N–H and O–H groups in total. The van der Waals surface area contributed by atoms with E-state index in [9.17, 15) is 16.8 Å². The van der Waals surface area contributed by atoms with Crippen LogP contribution in [0, 0.1) is 0 Å². The summed E-state index contributed by atoms with van der Waals surface area (Å²) in [7, 11) is -6.65. The van der Waals surface area contributed by atoms with Gasteiger partial charge in [-0.25, -0.2) is 0 Å². The van der Waals surface area contributed by atoms with E-state index in [0.29, 0.717) is 0 Å². The van der Waals surface area contributed by atoms with Crippen molar-refractivity contribution in [2.24, 2.45) is 0 Å². The Labute approximate surface area is 72.0 Å². The van der Waals surface area contributed by atoms with Crippen molar-refractivity contribution in [3.8, 4) is 0 Å². The van der Waals surface area contributed by atoms with Crippen molar-refractivity contribution in [3.05, 3.63) is 12.7 Å². The number of hydrogen-bond donors (Lipinski definition) is 1. The molecule has 0 aliphatic heterocycles. The van der Waals surface area contributed by atoms with Crippen molar-refractivity contribution in [1.29, 1.82) is 0 Å². The monoisotopic (exact) mass is 212 g/mol. The highest BCUT2D eigenvalue weighted by Crippen LogP contribution is 2.02. The molecule has 5 nitrogen and oxygen atoms in total. The zero-order valence-corrected chi connectivity index (χ0v) is 7.68. The molecular weight excluding hydrogens is 204 g/mol. The van der Waals surface area contributed by atoms with Gasteiger partial charge in [-0.05, 0) is 0 Å². The zero-order valence-electron chi connectivity index (χ0n) is 6.04. The van der Waals surface area contributed by atoms with Gasteiger partial charge in [-0.2, -0.15) is 16.8 Å². The minimum atomic E-state index is -4.23. The molecule has 0 rings (SSSR count). The van der Waals surface area contributed by atoms with Crippen LogP contribution in [-0.2, 0) is 20.4 Å². The Morgan fingerprint density at radius 1 is 1.50 bits per heavy atom. The van der Waals surface area contributed by atoms with Gasteiger partial charge in [0.15, 0.2) is 0 Å². The van der Waals surface area contributed by atoms with Gasteiger partial charge in [0.2, 0.25) is 10.3 Å². The van der Waals surface area contributed by atoms with E-state index in [1.54, 1.807) is 0 Å². The van der Waals surface area contributed by atoms with Crippen LogP contribution in [-0.4, -0.2) is 32.0 Å². The maximum Gasteiger partial charge on any atom is 0.271 e. The second-order valence-electron chi connectivity index (χ2n) is 1.95. The largest absolute Gasteiger partial charge is 0.285 e. The molecule has 0 radical (unpaired) electrons. The van der Waals surface area contributed by atoms with Crippen LogP contribution in [0.25, 0.3) is 0 Å². The van der Waals surface area contributed by atoms with E-state index < -0.39 is 25.7 Å². The normalized spacial score (nSPS) is 13.4. The minimum Gasteiger partial charge on any atom is -0.285 e. The summed E-state index contributed by atoms with van der Waals surface area (Å²) in [4.78, 5) is 0. The minimum absolute atomic E-state index is 0.293. The third-order valence-electron chi connectivity index (χ3n) is 1.11. The first-order valence-corrected chi connectivity index (χ1v) is 5.52. The van der Waals surface area contributed by atoms with Crippen LogP contribution in [0.3, 0.4) is 0 Å². The van der Waals surface area contributed by atoms with Crippen LogP contribution in [0.2, 0.25) is 0 Å². The summed E-state index contributed by atoms with van der Waals surface area (Å²) in [5.74, 6) is 0. The maximum atomic E-state index is 10.4. The molecule has 0 saturated heterocycles. The Kier molecular flexibility index (Phi) is 4.15. The fraction of sp³-hybridized carbons (Fsp3) is 0.400. The lowest BCUT2D eigenvalue weighted by atomic mass is 10.3. The van der Waals surface area contributed by atoms with Crippen molar-refractivity contribution >= 4 is 25.8 Å². The van der Waals surface area contributed by atoms with Gasteiger partial charge >= 0.3 is 0 Å². The lowest BCUT2D eigenvalue weighted by Gasteiger charge is -2.02. The molecule has 0 aromatic carbocycles. The Hall–Kier alpha value is -0.660. The molecule has 70 valence electrons. The Balaban J connectivity index is 4.63. The summed E-state index contributed by atoms with van der Waals surface area (Å²) in [5, 5.41) is -0.504. The Morgan fingerprint density at radius 3 is 2.25 bits per heavy atom. The summed E-state index contributed by atoms with van der Waals surface area (Å²) in [5.41, 5.74) is 0. The molecule has 0 amide bonds. The van der Waals surface area contributed by atoms with E-state index in [1.165, 1.54) is 0 Å². The van der Waals surface area contributed by atoms with E-state index in [-0.39, 0.29) is 6.42 Å². The lowest BCUT2D eigenvalue weighted by Crippen LogP contribution is -2.18. The van der Waals surface area contributed by atoms with Crippen LogP contribution < -0.4 is 0 Å². The molecule has 1 atom stereocenters. The average Bonchev–Trinajstić information content (AvgIpc) is 1.85. The molecule has 12 heavy (non-hydrogen) atoms. The molecule has 0 spiro atoms. The van der Waals surface area contributed by atoms with Gasteiger partial charge in [0.1, 0.15) is 5.25 Å². The van der Waals surface area contributed by atoms with Crippen LogP contribution in [0.1, 0.15) is 6.42 Å². The van der Waals surface area contributed by atoms with Crippen molar-refractivity contribution in [2.45, 2.75) is 11.7 Å². The Morgan fingerprint density at radius 2 is 2.00 bits per heavy atom. The molecule has 0 heterocycles. The molecular formula is C5H8O5S2. The number of hydrogen-bond acceptors (Lipinski definition) is 4. The summed E-state index contributed by atoms with van der Waals surface area (Å²) in [6.07, 6.45) is 0.678. The molecule has 0 aliphatic carbocycles. The van der Waals surface area contributed by atoms with Crippen LogP contribution in [0.15, 0.2) is 12.7 Å². The van der Waals surface area contributed by atoms with Crippen molar-refractivity contribution in [1.82, 2.24) is 0 Å². The summed E-state index contributed by atoms with van der Waals surface area (Å²) < 4.78 is 49.3. The molecule has 0 saturated carbocycles. The Bertz CT molecular complexity index is 366. The third kappa shape index (κ3) is 4.27. The van der Waals surface area contributed by atoms with Gasteiger partial charge in [-0.1, -0.05) is 6.08 Å². The van der Waals surface area contributed by atoms with Gasteiger partial charge in [0.25, 0.3) is 10.1 Å². The molecule has 0 bridgehead atoms. The average molecular weight is 212 g/mol. The fourth-order valence-electron chi connectivity index (χ4n) is 0.513. The van der Waals surface area contributed by atoms with Gasteiger partial charge in [0.05, 0.1) is 0 Å². The van der Waals surface area contributed by atoms with E-state index in [1.807, 2.05) is 0 Å². The van der Waals surface area contributed by atoms with Crippen molar-refractivity contribution < 1.29 is 21.4 Å². The topological polar surface area (TPSA) is 88.5 Å². The van der Waals surface area contributed by atoms with Crippen LogP contribution in [0.5, 0.6) is 0 Å². The number of rotatable bonds is 4. The van der Waals surface area contributed by atoms with Crippen molar-refractivity contribution in [2.75, 3.05) is 0 Å². The molecule has 0 aromatic rings. The third-order valence-corrected chi connectivity index (χ3v) is 2.72. The van der Waals surface area contributed by atoms with Crippen LogP contribution >= 0.6 is 0 Å². The second kappa shape index (κ2) is 4.39.